The lowest BCUT2D eigenvalue weighted by Gasteiger charge is -2.09. The van der Waals surface area contributed by atoms with E-state index in [1.165, 1.54) is 0 Å². The van der Waals surface area contributed by atoms with Gasteiger partial charge in [-0.15, -0.1) is 0 Å². The molecule has 0 aromatic heterocycles. The first kappa shape index (κ1) is 15.2. The molecule has 0 heterocycles. The van der Waals surface area contributed by atoms with Gasteiger partial charge in [0.05, 0.1) is 11.1 Å². The summed E-state index contributed by atoms with van der Waals surface area (Å²) in [6, 6.07) is 11.3. The molecule has 0 fully saturated rings. The molecule has 0 amide bonds. The second-order valence-corrected chi connectivity index (χ2v) is 6.52. The fraction of sp³-hybridized carbons (Fsp3) is 0.143. The summed E-state index contributed by atoms with van der Waals surface area (Å²) >= 11 is 18.8. The lowest BCUT2D eigenvalue weighted by atomic mass is 10.2. The van der Waals surface area contributed by atoms with Crippen molar-refractivity contribution in [1.82, 2.24) is 0 Å². The van der Waals surface area contributed by atoms with Crippen molar-refractivity contribution in [3.05, 3.63) is 61.0 Å². The van der Waals surface area contributed by atoms with E-state index in [-0.39, 0.29) is 0 Å². The highest BCUT2D eigenvalue weighted by atomic mass is 79.9. The van der Waals surface area contributed by atoms with Gasteiger partial charge >= 0.3 is 0 Å². The van der Waals surface area contributed by atoms with Gasteiger partial charge in [0, 0.05) is 20.9 Å². The molecule has 0 N–H and O–H groups in total. The quantitative estimate of drug-likeness (QED) is 0.572. The summed E-state index contributed by atoms with van der Waals surface area (Å²) in [5.74, 6) is 0.813. The van der Waals surface area contributed by atoms with Gasteiger partial charge in [0.25, 0.3) is 0 Å². The van der Waals surface area contributed by atoms with E-state index < -0.39 is 0 Å². The van der Waals surface area contributed by atoms with Gasteiger partial charge in [-0.1, -0.05) is 45.2 Å². The molecule has 0 atom stereocenters. The molecule has 0 saturated carbocycles. The molecule has 0 aliphatic carbocycles. The number of benzene rings is 2. The van der Waals surface area contributed by atoms with Crippen LogP contribution in [-0.2, 0) is 6.42 Å². The summed E-state index contributed by atoms with van der Waals surface area (Å²) < 4.78 is 7.65. The third kappa shape index (κ3) is 4.38. The first-order valence-corrected chi connectivity index (χ1v) is 7.92. The second-order valence-electron chi connectivity index (χ2n) is 3.91. The minimum absolute atomic E-state index is 0.557. The van der Waals surface area contributed by atoms with E-state index >= 15 is 0 Å². The monoisotopic (exact) mass is 422 g/mol. The zero-order chi connectivity index (χ0) is 13.8. The summed E-state index contributed by atoms with van der Waals surface area (Å²) in [7, 11) is 0. The normalized spacial score (nSPS) is 10.5. The molecule has 2 rings (SSSR count). The van der Waals surface area contributed by atoms with E-state index in [0.29, 0.717) is 16.7 Å². The molecule has 2 aromatic rings. The highest BCUT2D eigenvalue weighted by Gasteiger charge is 2.04. The molecular formula is C14H10Br2Cl2O. The van der Waals surface area contributed by atoms with Crippen LogP contribution >= 0.6 is 55.1 Å². The molecule has 0 radical (unpaired) electrons. The number of hydrogen-bond acceptors (Lipinski definition) is 1. The predicted molar refractivity (Wildman–Crippen MR) is 87.5 cm³/mol. The highest BCUT2D eigenvalue weighted by molar-refractivity contribution is 9.11. The maximum absolute atomic E-state index is 6.11. The van der Waals surface area contributed by atoms with E-state index in [1.54, 1.807) is 6.07 Å². The summed E-state index contributed by atoms with van der Waals surface area (Å²) in [6.45, 7) is 0.557. The fourth-order valence-corrected chi connectivity index (χ4v) is 3.25. The molecule has 2 aromatic carbocycles. The van der Waals surface area contributed by atoms with E-state index in [0.717, 1.165) is 26.7 Å². The fourth-order valence-electron chi connectivity index (χ4n) is 1.59. The SMILES string of the molecule is Clc1ccc(CCOc2ccc(Br)cc2Br)c(Cl)c1. The molecule has 0 saturated heterocycles. The van der Waals surface area contributed by atoms with Gasteiger partial charge in [0.2, 0.25) is 0 Å². The lowest BCUT2D eigenvalue weighted by molar-refractivity contribution is 0.320. The Morgan fingerprint density at radius 2 is 1.79 bits per heavy atom. The zero-order valence-corrected chi connectivity index (χ0v) is 14.5. The Bertz CT molecular complexity index is 536. The van der Waals surface area contributed by atoms with Crippen molar-refractivity contribution in [2.24, 2.45) is 0 Å². The smallest absolute Gasteiger partial charge is 0.133 e. The molecule has 1 nitrogen and oxygen atoms in total. The van der Waals surface area contributed by atoms with Crippen LogP contribution < -0.4 is 4.74 Å². The van der Waals surface area contributed by atoms with E-state index in [9.17, 15) is 0 Å². The molecule has 5 heteroatoms. The Balaban J connectivity index is 1.96. The highest BCUT2D eigenvalue weighted by Crippen LogP contribution is 2.28. The van der Waals surface area contributed by atoms with Gasteiger partial charge in [-0.05, 0) is 51.8 Å². The molecule has 0 aliphatic rings. The van der Waals surface area contributed by atoms with Crippen molar-refractivity contribution in [2.75, 3.05) is 6.61 Å². The third-order valence-corrected chi connectivity index (χ3v) is 4.24. The number of rotatable bonds is 4. The Morgan fingerprint density at radius 1 is 1.00 bits per heavy atom. The molecule has 100 valence electrons. The summed E-state index contributed by atoms with van der Waals surface area (Å²) in [4.78, 5) is 0. The van der Waals surface area contributed by atoms with Crippen LogP contribution in [0.1, 0.15) is 5.56 Å². The molecular weight excluding hydrogens is 415 g/mol. The number of halogens is 4. The number of ether oxygens (including phenoxy) is 1. The second kappa shape index (κ2) is 6.98. The van der Waals surface area contributed by atoms with Crippen LogP contribution in [0.5, 0.6) is 5.75 Å². The van der Waals surface area contributed by atoms with E-state index in [4.69, 9.17) is 27.9 Å². The van der Waals surface area contributed by atoms with Crippen LogP contribution in [0.4, 0.5) is 0 Å². The van der Waals surface area contributed by atoms with Crippen molar-refractivity contribution in [2.45, 2.75) is 6.42 Å². The van der Waals surface area contributed by atoms with Gasteiger partial charge < -0.3 is 4.74 Å². The van der Waals surface area contributed by atoms with Crippen LogP contribution in [0, 0.1) is 0 Å². The predicted octanol–water partition coefficient (Wildman–Crippen LogP) is 6.14. The van der Waals surface area contributed by atoms with Crippen LogP contribution in [0.25, 0.3) is 0 Å². The van der Waals surface area contributed by atoms with Crippen molar-refractivity contribution in [3.63, 3.8) is 0 Å². The molecule has 0 spiro atoms. The Hall–Kier alpha value is -0.220. The largest absolute Gasteiger partial charge is 0.492 e. The summed E-state index contributed by atoms with van der Waals surface area (Å²) in [5, 5.41) is 1.32. The van der Waals surface area contributed by atoms with Crippen LogP contribution in [-0.4, -0.2) is 6.61 Å². The van der Waals surface area contributed by atoms with Crippen molar-refractivity contribution >= 4 is 55.1 Å². The van der Waals surface area contributed by atoms with Crippen LogP contribution in [0.2, 0.25) is 10.0 Å². The minimum Gasteiger partial charge on any atom is -0.492 e. The minimum atomic E-state index is 0.557. The maximum Gasteiger partial charge on any atom is 0.133 e. The first-order valence-electron chi connectivity index (χ1n) is 5.58. The number of hydrogen-bond donors (Lipinski definition) is 0. The molecule has 0 unspecified atom stereocenters. The average molecular weight is 425 g/mol. The maximum atomic E-state index is 6.11. The Kier molecular flexibility index (Phi) is 5.58. The topological polar surface area (TPSA) is 9.23 Å². The van der Waals surface area contributed by atoms with Gasteiger partial charge in [0.1, 0.15) is 5.75 Å². The van der Waals surface area contributed by atoms with E-state index in [2.05, 4.69) is 31.9 Å². The summed E-state index contributed by atoms with van der Waals surface area (Å²) in [6.07, 6.45) is 0.735. The van der Waals surface area contributed by atoms with Gasteiger partial charge in [0.15, 0.2) is 0 Å². The first-order chi connectivity index (χ1) is 9.06. The van der Waals surface area contributed by atoms with Crippen molar-refractivity contribution in [3.8, 4) is 5.75 Å². The Morgan fingerprint density at radius 3 is 2.47 bits per heavy atom. The lowest BCUT2D eigenvalue weighted by Crippen LogP contribution is -2.02. The van der Waals surface area contributed by atoms with Crippen molar-refractivity contribution in [1.29, 1.82) is 0 Å². The van der Waals surface area contributed by atoms with Crippen molar-refractivity contribution < 1.29 is 4.74 Å². The zero-order valence-electron chi connectivity index (χ0n) is 9.80. The standard InChI is InChI=1S/C14H10Br2Cl2O/c15-10-2-4-14(12(16)7-10)19-6-5-9-1-3-11(17)8-13(9)18/h1-4,7-8H,5-6H2. The average Bonchev–Trinajstić information content (AvgIpc) is 2.34. The van der Waals surface area contributed by atoms with Gasteiger partial charge in [-0.3, -0.25) is 0 Å². The molecule has 19 heavy (non-hydrogen) atoms. The third-order valence-electron chi connectivity index (χ3n) is 2.54. The summed E-state index contributed by atoms with van der Waals surface area (Å²) in [5.41, 5.74) is 1.03. The van der Waals surface area contributed by atoms with Crippen LogP contribution in [0.3, 0.4) is 0 Å². The van der Waals surface area contributed by atoms with Gasteiger partial charge in [-0.2, -0.15) is 0 Å². The Labute approximate surface area is 139 Å². The van der Waals surface area contributed by atoms with Gasteiger partial charge in [-0.25, -0.2) is 0 Å². The molecule has 0 bridgehead atoms. The van der Waals surface area contributed by atoms with Crippen LogP contribution in [0.15, 0.2) is 45.3 Å². The van der Waals surface area contributed by atoms with E-state index in [1.807, 2.05) is 30.3 Å². The molecule has 0 aliphatic heterocycles.